The molecule has 0 aromatic heterocycles. The van der Waals surface area contributed by atoms with Gasteiger partial charge in [0.15, 0.2) is 0 Å². The largest absolute Gasteiger partial charge is 0.461 e. The number of benzene rings is 2. The molecule has 0 spiro atoms. The fourth-order valence-corrected chi connectivity index (χ4v) is 4.30. The number of likely N-dealkylation sites (tertiary alicyclic amines) is 1. The molecule has 0 bridgehead atoms. The number of anilines is 2. The summed E-state index contributed by atoms with van der Waals surface area (Å²) in [6.45, 7) is 3.91. The van der Waals surface area contributed by atoms with Gasteiger partial charge in [0.25, 0.3) is 5.91 Å². The quantitative estimate of drug-likeness (QED) is 0.670. The average molecular weight is 438 g/mol. The van der Waals surface area contributed by atoms with Crippen molar-refractivity contribution >= 4 is 23.3 Å². The van der Waals surface area contributed by atoms with Crippen LogP contribution in [0.1, 0.15) is 25.3 Å². The number of ether oxygens (including phenoxy) is 1. The van der Waals surface area contributed by atoms with Gasteiger partial charge in [-0.25, -0.2) is 9.18 Å². The van der Waals surface area contributed by atoms with Crippen LogP contribution >= 0.6 is 0 Å². The van der Waals surface area contributed by atoms with Crippen molar-refractivity contribution in [3.63, 3.8) is 0 Å². The molecule has 0 aliphatic carbocycles. The van der Waals surface area contributed by atoms with E-state index in [4.69, 9.17) is 4.74 Å². The van der Waals surface area contributed by atoms with Crippen molar-refractivity contribution in [1.82, 2.24) is 4.90 Å². The van der Waals surface area contributed by atoms with Gasteiger partial charge in [-0.05, 0) is 69.0 Å². The Kier molecular flexibility index (Phi) is 6.85. The van der Waals surface area contributed by atoms with Crippen LogP contribution in [-0.4, -0.2) is 43.0 Å². The van der Waals surface area contributed by atoms with Gasteiger partial charge in [-0.2, -0.15) is 0 Å². The summed E-state index contributed by atoms with van der Waals surface area (Å²) in [4.78, 5) is 27.9. The van der Waals surface area contributed by atoms with Crippen LogP contribution in [0.25, 0.3) is 0 Å². The number of nitrogens with one attached hydrogen (secondary N) is 2. The molecule has 0 atom stereocenters. The molecule has 1 saturated heterocycles. The molecule has 2 N–H and O–H groups in total. The van der Waals surface area contributed by atoms with Gasteiger partial charge < -0.3 is 15.4 Å². The summed E-state index contributed by atoms with van der Waals surface area (Å²) in [6, 6.07) is 14.5. The minimum Gasteiger partial charge on any atom is -0.461 e. The molecule has 2 aliphatic rings. The standard InChI is InChI=1S/C25H28FN3O3/c1-2-32-25(31)23-20(24(30)28-22-15-19(26)8-9-21(22)27-23)16-29-12-10-18(11-13-29)14-17-6-4-3-5-7-17/h3-9,15,18,27H,2,10-14,16H2,1H3,(H,28,30). The SMILES string of the molecule is CCOC(=O)C1=C(CN2CCC(Cc3ccccc3)CC2)C(=O)Nc2cc(F)ccc2N1. The molecule has 6 nitrogen and oxygen atoms in total. The Morgan fingerprint density at radius 3 is 2.56 bits per heavy atom. The highest BCUT2D eigenvalue weighted by atomic mass is 19.1. The van der Waals surface area contributed by atoms with E-state index in [-0.39, 0.29) is 12.3 Å². The van der Waals surface area contributed by atoms with Gasteiger partial charge in [0.05, 0.1) is 23.6 Å². The van der Waals surface area contributed by atoms with E-state index in [0.717, 1.165) is 32.4 Å². The van der Waals surface area contributed by atoms with Crippen molar-refractivity contribution in [1.29, 1.82) is 0 Å². The maximum absolute atomic E-state index is 13.7. The number of hydrogen-bond donors (Lipinski definition) is 2. The van der Waals surface area contributed by atoms with E-state index < -0.39 is 17.7 Å². The van der Waals surface area contributed by atoms with Crippen LogP contribution in [0.4, 0.5) is 15.8 Å². The number of amides is 1. The van der Waals surface area contributed by atoms with Crippen LogP contribution < -0.4 is 10.6 Å². The Bertz CT molecular complexity index is 1010. The number of carbonyl (C=O) groups excluding carboxylic acids is 2. The third kappa shape index (κ3) is 5.16. The number of esters is 1. The molecule has 0 unspecified atom stereocenters. The first-order chi connectivity index (χ1) is 15.5. The Morgan fingerprint density at radius 1 is 1.09 bits per heavy atom. The second kappa shape index (κ2) is 9.96. The lowest BCUT2D eigenvalue weighted by molar-refractivity contribution is -0.138. The Balaban J connectivity index is 1.48. The Hall–Kier alpha value is -3.19. The molecule has 0 radical (unpaired) electrons. The van der Waals surface area contributed by atoms with Crippen molar-refractivity contribution in [2.45, 2.75) is 26.2 Å². The highest BCUT2D eigenvalue weighted by molar-refractivity contribution is 6.13. The maximum atomic E-state index is 13.7. The molecule has 2 aromatic rings. The second-order valence-corrected chi connectivity index (χ2v) is 8.25. The Labute approximate surface area is 187 Å². The number of nitrogens with zero attached hydrogens (tertiary/aromatic N) is 1. The van der Waals surface area contributed by atoms with E-state index in [0.29, 0.717) is 29.4 Å². The number of rotatable bonds is 6. The van der Waals surface area contributed by atoms with E-state index >= 15 is 0 Å². The van der Waals surface area contributed by atoms with Crippen LogP contribution in [0.15, 0.2) is 59.8 Å². The summed E-state index contributed by atoms with van der Waals surface area (Å²) in [5, 5.41) is 5.75. The fraction of sp³-hybridized carbons (Fsp3) is 0.360. The van der Waals surface area contributed by atoms with Crippen LogP contribution in [0, 0.1) is 11.7 Å². The molecular weight excluding hydrogens is 409 g/mol. The molecule has 1 amide bonds. The minimum absolute atomic E-state index is 0.112. The fourth-order valence-electron chi connectivity index (χ4n) is 4.30. The highest BCUT2D eigenvalue weighted by Gasteiger charge is 2.30. The molecule has 7 heteroatoms. The third-order valence-electron chi connectivity index (χ3n) is 6.00. The van der Waals surface area contributed by atoms with Gasteiger partial charge >= 0.3 is 5.97 Å². The van der Waals surface area contributed by atoms with Gasteiger partial charge in [0, 0.05) is 6.54 Å². The summed E-state index contributed by atoms with van der Waals surface area (Å²) < 4.78 is 18.9. The van der Waals surface area contributed by atoms with Crippen LogP contribution in [-0.2, 0) is 20.7 Å². The predicted molar refractivity (Wildman–Crippen MR) is 122 cm³/mol. The normalized spacial score (nSPS) is 17.2. The monoisotopic (exact) mass is 437 g/mol. The second-order valence-electron chi connectivity index (χ2n) is 8.25. The molecule has 2 aromatic carbocycles. The van der Waals surface area contributed by atoms with Gasteiger partial charge in [0.1, 0.15) is 11.5 Å². The Morgan fingerprint density at radius 2 is 1.84 bits per heavy atom. The summed E-state index contributed by atoms with van der Waals surface area (Å²) in [5.41, 5.74) is 2.52. The zero-order chi connectivity index (χ0) is 22.5. The summed E-state index contributed by atoms with van der Waals surface area (Å²) >= 11 is 0. The van der Waals surface area contributed by atoms with Gasteiger partial charge in [-0.3, -0.25) is 9.69 Å². The third-order valence-corrected chi connectivity index (χ3v) is 6.00. The predicted octanol–water partition coefficient (Wildman–Crippen LogP) is 3.96. The lowest BCUT2D eigenvalue weighted by Gasteiger charge is -2.32. The number of piperidine rings is 1. The van der Waals surface area contributed by atoms with E-state index in [1.54, 1.807) is 6.92 Å². The maximum Gasteiger partial charge on any atom is 0.355 e. The first-order valence-corrected chi connectivity index (χ1v) is 11.1. The summed E-state index contributed by atoms with van der Waals surface area (Å²) in [5.74, 6) is -0.877. The van der Waals surface area contributed by atoms with Crippen LogP contribution in [0.5, 0.6) is 0 Å². The van der Waals surface area contributed by atoms with Gasteiger partial charge in [-0.1, -0.05) is 30.3 Å². The van der Waals surface area contributed by atoms with E-state index in [9.17, 15) is 14.0 Å². The molecule has 168 valence electrons. The van der Waals surface area contributed by atoms with Gasteiger partial charge in [-0.15, -0.1) is 0 Å². The van der Waals surface area contributed by atoms with Crippen molar-refractivity contribution in [3.05, 3.63) is 71.2 Å². The number of fused-ring (bicyclic) bond motifs is 1. The van der Waals surface area contributed by atoms with E-state index in [2.05, 4.69) is 39.8 Å². The molecule has 0 saturated carbocycles. The lowest BCUT2D eigenvalue weighted by atomic mass is 9.90. The van der Waals surface area contributed by atoms with Crippen LogP contribution in [0.3, 0.4) is 0 Å². The minimum atomic E-state index is -0.589. The van der Waals surface area contributed by atoms with Crippen molar-refractivity contribution in [2.24, 2.45) is 5.92 Å². The topological polar surface area (TPSA) is 70.7 Å². The number of hydrogen-bond acceptors (Lipinski definition) is 5. The van der Waals surface area contributed by atoms with E-state index in [1.807, 2.05) is 6.07 Å². The average Bonchev–Trinajstić information content (AvgIpc) is 2.92. The molecule has 2 aliphatic heterocycles. The van der Waals surface area contributed by atoms with Crippen molar-refractivity contribution < 1.29 is 18.7 Å². The zero-order valence-corrected chi connectivity index (χ0v) is 18.2. The molecule has 1 fully saturated rings. The number of carbonyl (C=O) groups is 2. The number of halogens is 1. The van der Waals surface area contributed by atoms with Crippen molar-refractivity contribution in [3.8, 4) is 0 Å². The van der Waals surface area contributed by atoms with Crippen molar-refractivity contribution in [2.75, 3.05) is 36.9 Å². The lowest BCUT2D eigenvalue weighted by Crippen LogP contribution is -2.38. The first-order valence-electron chi connectivity index (χ1n) is 11.1. The molecule has 2 heterocycles. The highest BCUT2D eigenvalue weighted by Crippen LogP contribution is 2.30. The van der Waals surface area contributed by atoms with E-state index in [1.165, 1.54) is 23.8 Å². The zero-order valence-electron chi connectivity index (χ0n) is 18.2. The smallest absolute Gasteiger partial charge is 0.355 e. The van der Waals surface area contributed by atoms with Crippen LogP contribution in [0.2, 0.25) is 0 Å². The first kappa shape index (κ1) is 22.0. The summed E-state index contributed by atoms with van der Waals surface area (Å²) in [7, 11) is 0. The summed E-state index contributed by atoms with van der Waals surface area (Å²) in [6.07, 6.45) is 3.10. The molecular formula is C25H28FN3O3. The van der Waals surface area contributed by atoms with Gasteiger partial charge in [0.2, 0.25) is 0 Å². The molecule has 4 rings (SSSR count). The molecule has 32 heavy (non-hydrogen) atoms.